The smallest absolute Gasteiger partial charge is 0.120 e. The van der Waals surface area contributed by atoms with Crippen LogP contribution in [0.3, 0.4) is 0 Å². The second-order valence-electron chi connectivity index (χ2n) is 15.2. The molecule has 6 aromatic carbocycles. The van der Waals surface area contributed by atoms with Crippen LogP contribution in [0.2, 0.25) is 0 Å². The molecule has 4 aliphatic heterocycles. The van der Waals surface area contributed by atoms with Crippen molar-refractivity contribution in [2.45, 2.75) is 90.6 Å². The Labute approximate surface area is 319 Å². The predicted octanol–water partition coefficient (Wildman–Crippen LogP) is 12.5. The van der Waals surface area contributed by atoms with Gasteiger partial charge in [0.2, 0.25) is 0 Å². The zero-order valence-electron chi connectivity index (χ0n) is 31.8. The van der Waals surface area contributed by atoms with Gasteiger partial charge in [-0.25, -0.2) is 0 Å². The summed E-state index contributed by atoms with van der Waals surface area (Å²) in [4.78, 5) is 0. The molecule has 0 saturated heterocycles. The van der Waals surface area contributed by atoms with Crippen molar-refractivity contribution in [2.24, 2.45) is 0 Å². The Morgan fingerprint density at radius 1 is 0.333 bits per heavy atom. The van der Waals surface area contributed by atoms with E-state index in [4.69, 9.17) is 18.9 Å². The number of fused-ring (bicyclic) bond motifs is 2. The molecule has 12 rings (SSSR count). The van der Waals surface area contributed by atoms with Crippen LogP contribution in [0, 0.1) is 0 Å². The molecule has 0 amide bonds. The summed E-state index contributed by atoms with van der Waals surface area (Å²) in [6.45, 7) is 11.3. The average molecular weight is 713 g/mol. The molecule has 0 atom stereocenters. The van der Waals surface area contributed by atoms with Gasteiger partial charge in [0.15, 0.2) is 0 Å². The monoisotopic (exact) mass is 712 g/mol. The van der Waals surface area contributed by atoms with Gasteiger partial charge in [-0.15, -0.1) is 0 Å². The maximum Gasteiger partial charge on any atom is 0.120 e. The van der Waals surface area contributed by atoms with E-state index in [2.05, 4.69) is 100 Å². The molecule has 0 spiro atoms. The molecule has 0 N–H and O–H groups in total. The van der Waals surface area contributed by atoms with E-state index >= 15 is 0 Å². The third-order valence-electron chi connectivity index (χ3n) is 12.7. The molecule has 272 valence electrons. The van der Waals surface area contributed by atoms with Crippen molar-refractivity contribution in [1.29, 1.82) is 0 Å². The highest BCUT2D eigenvalue weighted by atomic mass is 16.5. The summed E-state index contributed by atoms with van der Waals surface area (Å²) in [7, 11) is 0. The normalized spacial score (nSPS) is 15.9. The highest BCUT2D eigenvalue weighted by Gasteiger charge is 2.42. The van der Waals surface area contributed by atoms with Crippen LogP contribution in [0.25, 0.3) is 22.3 Å². The summed E-state index contributed by atoms with van der Waals surface area (Å²) in [5.74, 6) is 3.33. The van der Waals surface area contributed by atoms with Gasteiger partial charge in [0.05, 0.1) is 0 Å². The second kappa shape index (κ2) is 13.7. The number of hydrogen-bond donors (Lipinski definition) is 0. The highest BCUT2D eigenvalue weighted by molar-refractivity contribution is 5.83. The van der Waals surface area contributed by atoms with Gasteiger partial charge in [0.25, 0.3) is 0 Å². The molecule has 0 saturated carbocycles. The van der Waals surface area contributed by atoms with Crippen molar-refractivity contribution < 1.29 is 18.9 Å². The largest absolute Gasteiger partial charge is 0.489 e. The summed E-state index contributed by atoms with van der Waals surface area (Å²) in [6.07, 6.45) is 4.10. The van der Waals surface area contributed by atoms with Gasteiger partial charge < -0.3 is 18.9 Å². The maximum absolute atomic E-state index is 6.34. The van der Waals surface area contributed by atoms with Gasteiger partial charge in [-0.05, 0) is 141 Å². The van der Waals surface area contributed by atoms with E-state index in [-0.39, 0.29) is 10.8 Å². The van der Waals surface area contributed by atoms with Gasteiger partial charge in [-0.3, -0.25) is 0 Å². The van der Waals surface area contributed by atoms with E-state index in [9.17, 15) is 0 Å². The van der Waals surface area contributed by atoms with Crippen molar-refractivity contribution in [3.63, 3.8) is 0 Å². The minimum absolute atomic E-state index is 0.0502. The third kappa shape index (κ3) is 5.66. The summed E-state index contributed by atoms with van der Waals surface area (Å²) in [5.41, 5.74) is 15.5. The highest BCUT2D eigenvalue weighted by Crippen LogP contribution is 2.54. The number of hydrogen-bond acceptors (Lipinski definition) is 4. The molecule has 0 unspecified atom stereocenters. The van der Waals surface area contributed by atoms with Gasteiger partial charge in [-0.1, -0.05) is 100 Å². The van der Waals surface area contributed by atoms with Gasteiger partial charge in [-0.2, -0.15) is 0 Å². The van der Waals surface area contributed by atoms with E-state index < -0.39 is 0 Å². The van der Waals surface area contributed by atoms with Crippen LogP contribution in [0.1, 0.15) is 97.9 Å². The molecular formula is C50H48O4. The molecule has 0 fully saturated rings. The molecule has 4 nitrogen and oxygen atoms in total. The number of benzene rings is 6. The molecule has 4 heteroatoms. The van der Waals surface area contributed by atoms with Crippen LogP contribution in [-0.2, 0) is 37.3 Å². The van der Waals surface area contributed by atoms with Crippen molar-refractivity contribution >= 4 is 0 Å². The summed E-state index contributed by atoms with van der Waals surface area (Å²) in [5, 5.41) is 0. The molecule has 6 aromatic rings. The first-order valence-corrected chi connectivity index (χ1v) is 19.7. The first-order chi connectivity index (χ1) is 26.5. The predicted molar refractivity (Wildman–Crippen MR) is 217 cm³/mol. The van der Waals surface area contributed by atoms with Crippen LogP contribution in [0.5, 0.6) is 23.0 Å². The second-order valence-corrected chi connectivity index (χ2v) is 15.2. The van der Waals surface area contributed by atoms with Crippen LogP contribution in [-0.4, -0.2) is 0 Å². The molecular weight excluding hydrogens is 665 g/mol. The Balaban J connectivity index is 1.05. The van der Waals surface area contributed by atoms with Crippen LogP contribution in [0.4, 0.5) is 0 Å². The van der Waals surface area contributed by atoms with E-state index in [0.717, 1.165) is 48.7 Å². The van der Waals surface area contributed by atoms with Crippen LogP contribution in [0.15, 0.2) is 121 Å². The zero-order valence-corrected chi connectivity index (χ0v) is 31.8. The Morgan fingerprint density at radius 3 is 0.759 bits per heavy atom. The minimum Gasteiger partial charge on any atom is -0.489 e. The number of rotatable bonds is 4. The Bertz CT molecular complexity index is 2000. The van der Waals surface area contributed by atoms with E-state index in [1.165, 1.54) is 66.8 Å². The van der Waals surface area contributed by atoms with Crippen molar-refractivity contribution in [1.82, 2.24) is 0 Å². The topological polar surface area (TPSA) is 36.9 Å². The Hall–Kier alpha value is -5.48. The molecule has 54 heavy (non-hydrogen) atoms. The maximum atomic E-state index is 6.34. The van der Waals surface area contributed by atoms with Gasteiger partial charge in [0.1, 0.15) is 49.4 Å². The third-order valence-corrected chi connectivity index (χ3v) is 12.7. The summed E-state index contributed by atoms with van der Waals surface area (Å²) >= 11 is 0. The fraction of sp³-hybridized carbons (Fsp3) is 0.280. The van der Waals surface area contributed by atoms with Crippen LogP contribution < -0.4 is 18.9 Å². The summed E-state index contributed by atoms with van der Waals surface area (Å²) in [6, 6.07) is 43.6. The van der Waals surface area contributed by atoms with E-state index in [0.29, 0.717) is 26.4 Å². The molecule has 2 aliphatic carbocycles. The van der Waals surface area contributed by atoms with Gasteiger partial charge >= 0.3 is 0 Å². The van der Waals surface area contributed by atoms with Crippen molar-refractivity contribution in [3.8, 4) is 45.3 Å². The quantitative estimate of drug-likeness (QED) is 0.182. The lowest BCUT2D eigenvalue weighted by atomic mass is 9.73. The van der Waals surface area contributed by atoms with Crippen LogP contribution >= 0.6 is 0 Å². The van der Waals surface area contributed by atoms with E-state index in [1.54, 1.807) is 0 Å². The molecule has 0 radical (unpaired) electrons. The Kier molecular flexibility index (Phi) is 8.73. The Morgan fingerprint density at radius 2 is 0.556 bits per heavy atom. The lowest BCUT2D eigenvalue weighted by Gasteiger charge is -2.30. The molecule has 0 aromatic heterocycles. The number of ether oxygens (including phenoxy) is 4. The lowest BCUT2D eigenvalue weighted by molar-refractivity contribution is 0.296. The fourth-order valence-corrected chi connectivity index (χ4v) is 9.49. The zero-order chi connectivity index (χ0) is 36.9. The first kappa shape index (κ1) is 34.3. The average Bonchev–Trinajstić information content (AvgIpc) is 3.66. The van der Waals surface area contributed by atoms with Crippen molar-refractivity contribution in [2.75, 3.05) is 0 Å². The van der Waals surface area contributed by atoms with Gasteiger partial charge in [0, 0.05) is 10.8 Å². The molecule has 12 bridgehead atoms. The standard InChI is InChI=1S/C50H48O4/c1-5-49(6-2)45-25-33-9-21-41(45)42-22-10-34(26-46(42)49)30-52-38-15-19-40(20-16-38)54-32-36-12-24-44-43-23-11-35(27-47(43)50(7-3,8-4)48(44)28-36)31-53-39-17-13-37(14-18-39)51-29-33/h9-28H,5-8,29-32H2,1-4H3. The minimum atomic E-state index is -0.0502. The molecule has 6 aliphatic rings. The first-order valence-electron chi connectivity index (χ1n) is 19.7. The van der Waals surface area contributed by atoms with E-state index in [1.807, 2.05) is 48.5 Å². The fourth-order valence-electron chi connectivity index (χ4n) is 9.49. The molecule has 4 heterocycles. The SMILES string of the molecule is CCC1(CC)c2cc3ccc2-c2ccc(cc21)COc1ccc(cc1)OCc1ccc2c(c1)C(CC)(CC)c1cc(ccc1-2)COc1ccc(cc1)OC3. The lowest BCUT2D eigenvalue weighted by Crippen LogP contribution is -2.23. The summed E-state index contributed by atoms with van der Waals surface area (Å²) < 4.78 is 25.4. The van der Waals surface area contributed by atoms with Crippen molar-refractivity contribution in [3.05, 3.63) is 166 Å².